The van der Waals surface area contributed by atoms with E-state index in [1.165, 1.54) is 17.5 Å². The second-order valence-electron chi connectivity index (χ2n) is 6.15. The van der Waals surface area contributed by atoms with Crippen LogP contribution in [0.25, 0.3) is 0 Å². The molecular formula is C16H22N2O. The average molecular weight is 258 g/mol. The molecule has 1 aliphatic carbocycles. The lowest BCUT2D eigenvalue weighted by Crippen LogP contribution is -2.48. The SMILES string of the molecule is CC1CC(N)CN(C(=O)c2ccc3c(c2)CCC3)C1. The van der Waals surface area contributed by atoms with E-state index in [0.717, 1.165) is 31.4 Å². The molecule has 1 amide bonds. The number of carbonyl (C=O) groups is 1. The number of hydrogen-bond acceptors (Lipinski definition) is 2. The maximum absolute atomic E-state index is 12.6. The zero-order valence-corrected chi connectivity index (χ0v) is 11.6. The van der Waals surface area contributed by atoms with E-state index < -0.39 is 0 Å². The van der Waals surface area contributed by atoms with Gasteiger partial charge in [0.1, 0.15) is 0 Å². The van der Waals surface area contributed by atoms with Gasteiger partial charge in [-0.1, -0.05) is 13.0 Å². The molecule has 1 aliphatic heterocycles. The molecule has 0 spiro atoms. The third-order valence-electron chi connectivity index (χ3n) is 4.32. The molecule has 1 fully saturated rings. The predicted octanol–water partition coefficient (Wildman–Crippen LogP) is 1.98. The van der Waals surface area contributed by atoms with Crippen molar-refractivity contribution in [2.75, 3.05) is 13.1 Å². The van der Waals surface area contributed by atoms with E-state index in [0.29, 0.717) is 12.5 Å². The Morgan fingerprint density at radius 3 is 2.84 bits per heavy atom. The second kappa shape index (κ2) is 4.97. The van der Waals surface area contributed by atoms with Crippen molar-refractivity contribution in [3.8, 4) is 0 Å². The predicted molar refractivity (Wildman–Crippen MR) is 76.1 cm³/mol. The maximum Gasteiger partial charge on any atom is 0.253 e. The smallest absolute Gasteiger partial charge is 0.253 e. The van der Waals surface area contributed by atoms with Gasteiger partial charge in [-0.05, 0) is 54.9 Å². The van der Waals surface area contributed by atoms with Gasteiger partial charge in [-0.15, -0.1) is 0 Å². The molecule has 2 aliphatic rings. The van der Waals surface area contributed by atoms with Crippen molar-refractivity contribution in [2.24, 2.45) is 11.7 Å². The van der Waals surface area contributed by atoms with Crippen LogP contribution in [0.4, 0.5) is 0 Å². The van der Waals surface area contributed by atoms with Crippen LogP contribution in [0.2, 0.25) is 0 Å². The first-order valence-electron chi connectivity index (χ1n) is 7.30. The molecular weight excluding hydrogens is 236 g/mol. The Balaban J connectivity index is 1.80. The van der Waals surface area contributed by atoms with Gasteiger partial charge in [0.05, 0.1) is 0 Å². The van der Waals surface area contributed by atoms with Gasteiger partial charge < -0.3 is 10.6 Å². The van der Waals surface area contributed by atoms with E-state index in [1.54, 1.807) is 0 Å². The number of nitrogens with two attached hydrogens (primary N) is 1. The van der Waals surface area contributed by atoms with Crippen LogP contribution in [0.1, 0.15) is 41.3 Å². The minimum absolute atomic E-state index is 0.127. The lowest BCUT2D eigenvalue weighted by Gasteiger charge is -2.34. The molecule has 2 N–H and O–H groups in total. The second-order valence-corrected chi connectivity index (χ2v) is 6.15. The standard InChI is InChI=1S/C16H22N2O/c1-11-7-15(17)10-18(9-11)16(19)14-6-5-12-3-2-4-13(12)8-14/h5-6,8,11,15H,2-4,7,9-10,17H2,1H3. The summed E-state index contributed by atoms with van der Waals surface area (Å²) in [7, 11) is 0. The number of nitrogens with zero attached hydrogens (tertiary/aromatic N) is 1. The van der Waals surface area contributed by atoms with Crippen LogP contribution >= 0.6 is 0 Å². The van der Waals surface area contributed by atoms with Gasteiger partial charge in [0.25, 0.3) is 5.91 Å². The molecule has 0 saturated carbocycles. The Kier molecular flexibility index (Phi) is 3.31. The highest BCUT2D eigenvalue weighted by atomic mass is 16.2. The molecule has 0 bridgehead atoms. The van der Waals surface area contributed by atoms with E-state index in [4.69, 9.17) is 5.73 Å². The highest BCUT2D eigenvalue weighted by Gasteiger charge is 2.26. The van der Waals surface area contributed by atoms with Gasteiger partial charge in [-0.25, -0.2) is 0 Å². The normalized spacial score (nSPS) is 26.3. The minimum Gasteiger partial charge on any atom is -0.337 e. The number of rotatable bonds is 1. The van der Waals surface area contributed by atoms with Crippen LogP contribution in [0.5, 0.6) is 0 Å². The zero-order valence-electron chi connectivity index (χ0n) is 11.6. The van der Waals surface area contributed by atoms with E-state index in [1.807, 2.05) is 11.0 Å². The topological polar surface area (TPSA) is 46.3 Å². The van der Waals surface area contributed by atoms with Crippen molar-refractivity contribution in [3.63, 3.8) is 0 Å². The number of carbonyl (C=O) groups excluding carboxylic acids is 1. The fourth-order valence-corrected chi connectivity index (χ4v) is 3.45. The van der Waals surface area contributed by atoms with Crippen LogP contribution in [0.3, 0.4) is 0 Å². The fourth-order valence-electron chi connectivity index (χ4n) is 3.45. The summed E-state index contributed by atoms with van der Waals surface area (Å²) in [5.41, 5.74) is 9.64. The summed E-state index contributed by atoms with van der Waals surface area (Å²) in [4.78, 5) is 14.5. The number of fused-ring (bicyclic) bond motifs is 1. The van der Waals surface area contributed by atoms with Crippen LogP contribution in [-0.4, -0.2) is 29.9 Å². The third-order valence-corrected chi connectivity index (χ3v) is 4.32. The highest BCUT2D eigenvalue weighted by molar-refractivity contribution is 5.94. The zero-order chi connectivity index (χ0) is 13.4. The number of aryl methyl sites for hydroxylation is 2. The van der Waals surface area contributed by atoms with Crippen molar-refractivity contribution in [3.05, 3.63) is 34.9 Å². The number of piperidine rings is 1. The van der Waals surface area contributed by atoms with E-state index in [-0.39, 0.29) is 11.9 Å². The Morgan fingerprint density at radius 1 is 1.26 bits per heavy atom. The monoisotopic (exact) mass is 258 g/mol. The van der Waals surface area contributed by atoms with Crippen LogP contribution in [-0.2, 0) is 12.8 Å². The molecule has 1 aromatic rings. The first-order chi connectivity index (χ1) is 9.13. The van der Waals surface area contributed by atoms with Gasteiger partial charge in [-0.3, -0.25) is 4.79 Å². The summed E-state index contributed by atoms with van der Waals surface area (Å²) in [5, 5.41) is 0. The number of hydrogen-bond donors (Lipinski definition) is 1. The number of amides is 1. The van der Waals surface area contributed by atoms with Gasteiger partial charge in [0.15, 0.2) is 0 Å². The highest BCUT2D eigenvalue weighted by Crippen LogP contribution is 2.24. The maximum atomic E-state index is 12.6. The molecule has 3 nitrogen and oxygen atoms in total. The lowest BCUT2D eigenvalue weighted by molar-refractivity contribution is 0.0661. The van der Waals surface area contributed by atoms with Gasteiger partial charge in [-0.2, -0.15) is 0 Å². The number of benzene rings is 1. The lowest BCUT2D eigenvalue weighted by atomic mass is 9.95. The van der Waals surface area contributed by atoms with E-state index in [2.05, 4.69) is 19.1 Å². The molecule has 2 unspecified atom stereocenters. The van der Waals surface area contributed by atoms with Gasteiger partial charge in [0, 0.05) is 24.7 Å². The van der Waals surface area contributed by atoms with Crippen LogP contribution < -0.4 is 5.73 Å². The summed E-state index contributed by atoms with van der Waals surface area (Å²) in [6.07, 6.45) is 4.52. The first-order valence-corrected chi connectivity index (χ1v) is 7.30. The summed E-state index contributed by atoms with van der Waals surface area (Å²) in [5.74, 6) is 0.652. The van der Waals surface area contributed by atoms with Crippen molar-refractivity contribution in [1.29, 1.82) is 0 Å². The van der Waals surface area contributed by atoms with E-state index >= 15 is 0 Å². The fraction of sp³-hybridized carbons (Fsp3) is 0.562. The molecule has 3 heteroatoms. The Labute approximate surface area is 114 Å². The molecule has 102 valence electrons. The van der Waals surface area contributed by atoms with Gasteiger partial charge in [0.2, 0.25) is 0 Å². The van der Waals surface area contributed by atoms with Crippen LogP contribution in [0.15, 0.2) is 18.2 Å². The molecule has 3 rings (SSSR count). The molecule has 1 heterocycles. The molecule has 0 radical (unpaired) electrons. The molecule has 0 aromatic heterocycles. The molecule has 1 saturated heterocycles. The molecule has 2 atom stereocenters. The van der Waals surface area contributed by atoms with Crippen molar-refractivity contribution in [2.45, 2.75) is 38.6 Å². The van der Waals surface area contributed by atoms with Crippen molar-refractivity contribution < 1.29 is 4.79 Å². The Morgan fingerprint density at radius 2 is 2.05 bits per heavy atom. The summed E-state index contributed by atoms with van der Waals surface area (Å²) in [6.45, 7) is 3.70. The summed E-state index contributed by atoms with van der Waals surface area (Å²) < 4.78 is 0. The molecule has 19 heavy (non-hydrogen) atoms. The van der Waals surface area contributed by atoms with Crippen molar-refractivity contribution >= 4 is 5.91 Å². The Hall–Kier alpha value is -1.35. The third kappa shape index (κ3) is 2.52. The Bertz CT molecular complexity index is 488. The minimum atomic E-state index is 0.127. The summed E-state index contributed by atoms with van der Waals surface area (Å²) in [6, 6.07) is 6.33. The average Bonchev–Trinajstić information content (AvgIpc) is 2.83. The van der Waals surface area contributed by atoms with Crippen LogP contribution in [0, 0.1) is 5.92 Å². The molecule has 1 aromatic carbocycles. The quantitative estimate of drug-likeness (QED) is 0.837. The first kappa shape index (κ1) is 12.7. The number of likely N-dealkylation sites (tertiary alicyclic amines) is 1. The largest absolute Gasteiger partial charge is 0.337 e. The van der Waals surface area contributed by atoms with E-state index in [9.17, 15) is 4.79 Å². The van der Waals surface area contributed by atoms with Gasteiger partial charge >= 0.3 is 0 Å². The van der Waals surface area contributed by atoms with Crippen molar-refractivity contribution in [1.82, 2.24) is 4.90 Å². The summed E-state index contributed by atoms with van der Waals surface area (Å²) >= 11 is 0.